The van der Waals surface area contributed by atoms with Crippen LogP contribution in [0, 0.1) is 0 Å². The van der Waals surface area contributed by atoms with Crippen molar-refractivity contribution in [1.82, 2.24) is 4.90 Å². The van der Waals surface area contributed by atoms with Crippen LogP contribution in [0.4, 0.5) is 5.69 Å². The smallest absolute Gasteiger partial charge is 0.229 e. The molecule has 0 amide bonds. The Kier molecular flexibility index (Phi) is 5.42. The van der Waals surface area contributed by atoms with E-state index in [1.807, 2.05) is 18.2 Å². The van der Waals surface area contributed by atoms with Crippen LogP contribution in [0.2, 0.25) is 0 Å². The molecule has 0 bridgehead atoms. The van der Waals surface area contributed by atoms with Gasteiger partial charge < -0.3 is 5.73 Å². The number of nitrogens with zero attached hydrogens (tertiary/aromatic N) is 1. The summed E-state index contributed by atoms with van der Waals surface area (Å²) < 4.78 is 25.3. The van der Waals surface area contributed by atoms with Crippen LogP contribution >= 0.6 is 0 Å². The molecule has 1 fully saturated rings. The van der Waals surface area contributed by atoms with Crippen molar-refractivity contribution in [3.8, 4) is 11.1 Å². The number of hydrogen-bond acceptors (Lipinski definition) is 4. The minimum absolute atomic E-state index is 0.353. The average molecular weight is 359 g/mol. The van der Waals surface area contributed by atoms with Gasteiger partial charge in [-0.05, 0) is 54.8 Å². The number of rotatable bonds is 5. The molecule has 1 aliphatic heterocycles. The number of hydrogen-bond donors (Lipinski definition) is 2. The molecule has 134 valence electrons. The van der Waals surface area contributed by atoms with Gasteiger partial charge in [-0.1, -0.05) is 36.4 Å². The molecule has 1 heterocycles. The third kappa shape index (κ3) is 5.29. The van der Waals surface area contributed by atoms with Crippen LogP contribution in [0.5, 0.6) is 0 Å². The van der Waals surface area contributed by atoms with Gasteiger partial charge in [-0.3, -0.25) is 9.62 Å². The standard InChI is InChI=1S/C19H25N3O2S/c1-25(23,24)21-19-4-2-3-17(13-19)16-7-5-15(6-8-16)14-22-11-9-18(20)10-12-22/h2-8,13,18,21H,9-12,14,20H2,1H3. The van der Waals surface area contributed by atoms with Crippen molar-refractivity contribution in [3.63, 3.8) is 0 Å². The van der Waals surface area contributed by atoms with Gasteiger partial charge in [0, 0.05) is 18.3 Å². The second kappa shape index (κ2) is 7.56. The van der Waals surface area contributed by atoms with Crippen LogP contribution in [-0.4, -0.2) is 38.7 Å². The monoisotopic (exact) mass is 359 g/mol. The lowest BCUT2D eigenvalue weighted by atomic mass is 10.0. The summed E-state index contributed by atoms with van der Waals surface area (Å²) in [6.07, 6.45) is 3.29. The largest absolute Gasteiger partial charge is 0.328 e. The van der Waals surface area contributed by atoms with Crippen LogP contribution in [-0.2, 0) is 16.6 Å². The van der Waals surface area contributed by atoms with Gasteiger partial charge in [0.15, 0.2) is 0 Å². The van der Waals surface area contributed by atoms with Gasteiger partial charge in [0.05, 0.1) is 6.26 Å². The number of anilines is 1. The molecular formula is C19H25N3O2S. The maximum atomic E-state index is 11.4. The molecule has 3 rings (SSSR count). The van der Waals surface area contributed by atoms with Crippen LogP contribution in [0.25, 0.3) is 11.1 Å². The first-order valence-electron chi connectivity index (χ1n) is 8.54. The Balaban J connectivity index is 1.69. The predicted octanol–water partition coefficient (Wildman–Crippen LogP) is 2.65. The normalized spacial score (nSPS) is 16.7. The number of nitrogens with one attached hydrogen (secondary N) is 1. The van der Waals surface area contributed by atoms with E-state index < -0.39 is 10.0 Å². The highest BCUT2D eigenvalue weighted by atomic mass is 32.2. The third-order valence-corrected chi connectivity index (χ3v) is 5.10. The Morgan fingerprint density at radius 3 is 2.40 bits per heavy atom. The minimum atomic E-state index is -3.27. The Bertz CT molecular complexity index is 811. The predicted molar refractivity (Wildman–Crippen MR) is 103 cm³/mol. The quantitative estimate of drug-likeness (QED) is 0.861. The molecule has 5 nitrogen and oxygen atoms in total. The fourth-order valence-corrected chi connectivity index (χ4v) is 3.70. The molecule has 2 aromatic carbocycles. The molecule has 0 spiro atoms. The zero-order chi connectivity index (χ0) is 17.9. The second-order valence-electron chi connectivity index (χ2n) is 6.77. The SMILES string of the molecule is CS(=O)(=O)Nc1cccc(-c2ccc(CN3CCC(N)CC3)cc2)c1. The molecule has 25 heavy (non-hydrogen) atoms. The molecule has 1 aliphatic rings. The summed E-state index contributed by atoms with van der Waals surface area (Å²) in [4.78, 5) is 2.44. The number of sulfonamides is 1. The number of likely N-dealkylation sites (tertiary alicyclic amines) is 1. The van der Waals surface area contributed by atoms with Crippen LogP contribution in [0.1, 0.15) is 18.4 Å². The van der Waals surface area contributed by atoms with Crippen LogP contribution in [0.15, 0.2) is 48.5 Å². The zero-order valence-electron chi connectivity index (χ0n) is 14.5. The van der Waals surface area contributed by atoms with Crippen molar-refractivity contribution < 1.29 is 8.42 Å². The molecule has 2 aromatic rings. The van der Waals surface area contributed by atoms with Gasteiger partial charge in [0.25, 0.3) is 0 Å². The van der Waals surface area contributed by atoms with Crippen molar-refractivity contribution in [1.29, 1.82) is 0 Å². The lowest BCUT2D eigenvalue weighted by Gasteiger charge is -2.30. The summed E-state index contributed by atoms with van der Waals surface area (Å²) in [6, 6.07) is 16.2. The molecule has 0 saturated carbocycles. The number of benzene rings is 2. The van der Waals surface area contributed by atoms with E-state index in [0.717, 1.165) is 49.9 Å². The molecule has 0 aliphatic carbocycles. The molecule has 3 N–H and O–H groups in total. The van der Waals surface area contributed by atoms with Crippen molar-refractivity contribution in [3.05, 3.63) is 54.1 Å². The van der Waals surface area contributed by atoms with Crippen molar-refractivity contribution in [2.45, 2.75) is 25.4 Å². The molecule has 0 unspecified atom stereocenters. The first-order valence-corrected chi connectivity index (χ1v) is 10.4. The van der Waals surface area contributed by atoms with Gasteiger partial charge >= 0.3 is 0 Å². The first-order chi connectivity index (χ1) is 11.9. The number of piperidine rings is 1. The van der Waals surface area contributed by atoms with E-state index in [2.05, 4.69) is 33.9 Å². The van der Waals surface area contributed by atoms with E-state index in [1.54, 1.807) is 6.07 Å². The summed E-state index contributed by atoms with van der Waals surface area (Å²) in [5, 5.41) is 0. The van der Waals surface area contributed by atoms with Gasteiger partial charge in [0.1, 0.15) is 0 Å². The maximum absolute atomic E-state index is 11.4. The van der Waals surface area contributed by atoms with Gasteiger partial charge in [0.2, 0.25) is 10.0 Å². The lowest BCUT2D eigenvalue weighted by molar-refractivity contribution is 0.205. The maximum Gasteiger partial charge on any atom is 0.229 e. The van der Waals surface area contributed by atoms with E-state index in [0.29, 0.717) is 11.7 Å². The second-order valence-corrected chi connectivity index (χ2v) is 8.51. The van der Waals surface area contributed by atoms with Gasteiger partial charge in [-0.25, -0.2) is 8.42 Å². The summed E-state index contributed by atoms with van der Waals surface area (Å²) in [5.74, 6) is 0. The van der Waals surface area contributed by atoms with Crippen LogP contribution < -0.4 is 10.5 Å². The Morgan fingerprint density at radius 1 is 1.08 bits per heavy atom. The van der Waals surface area contributed by atoms with Crippen LogP contribution in [0.3, 0.4) is 0 Å². The topological polar surface area (TPSA) is 75.4 Å². The average Bonchev–Trinajstić information content (AvgIpc) is 2.56. The van der Waals surface area contributed by atoms with E-state index in [4.69, 9.17) is 5.73 Å². The highest BCUT2D eigenvalue weighted by molar-refractivity contribution is 7.92. The molecular weight excluding hydrogens is 334 g/mol. The fraction of sp³-hybridized carbons (Fsp3) is 0.368. The summed E-state index contributed by atoms with van der Waals surface area (Å²) in [7, 11) is -3.27. The van der Waals surface area contributed by atoms with E-state index in [1.165, 1.54) is 5.56 Å². The number of nitrogens with two attached hydrogens (primary N) is 1. The molecule has 1 saturated heterocycles. The Labute approximate surface area is 149 Å². The molecule has 0 atom stereocenters. The summed E-state index contributed by atoms with van der Waals surface area (Å²) in [5.41, 5.74) is 9.88. The summed E-state index contributed by atoms with van der Waals surface area (Å²) in [6.45, 7) is 3.06. The minimum Gasteiger partial charge on any atom is -0.328 e. The highest BCUT2D eigenvalue weighted by Crippen LogP contribution is 2.24. The Morgan fingerprint density at radius 2 is 1.76 bits per heavy atom. The van der Waals surface area contributed by atoms with E-state index >= 15 is 0 Å². The summed E-state index contributed by atoms with van der Waals surface area (Å²) >= 11 is 0. The van der Waals surface area contributed by atoms with E-state index in [9.17, 15) is 8.42 Å². The lowest BCUT2D eigenvalue weighted by Crippen LogP contribution is -2.39. The van der Waals surface area contributed by atoms with Gasteiger partial charge in [-0.2, -0.15) is 0 Å². The molecule has 0 aromatic heterocycles. The van der Waals surface area contributed by atoms with Gasteiger partial charge in [-0.15, -0.1) is 0 Å². The Hall–Kier alpha value is -1.89. The molecule has 0 radical (unpaired) electrons. The zero-order valence-corrected chi connectivity index (χ0v) is 15.3. The highest BCUT2D eigenvalue weighted by Gasteiger charge is 2.15. The first kappa shape index (κ1) is 17.9. The fourth-order valence-electron chi connectivity index (χ4n) is 3.15. The van der Waals surface area contributed by atoms with Crippen molar-refractivity contribution >= 4 is 15.7 Å². The van der Waals surface area contributed by atoms with E-state index in [-0.39, 0.29) is 0 Å². The van der Waals surface area contributed by atoms with Crippen molar-refractivity contribution in [2.75, 3.05) is 24.1 Å². The molecule has 6 heteroatoms. The van der Waals surface area contributed by atoms with Crippen molar-refractivity contribution in [2.24, 2.45) is 5.73 Å². The third-order valence-electron chi connectivity index (χ3n) is 4.49.